The third-order valence-corrected chi connectivity index (χ3v) is 3.67. The lowest BCUT2D eigenvalue weighted by atomic mass is 10.2. The summed E-state index contributed by atoms with van der Waals surface area (Å²) in [6.45, 7) is 1.17. The second kappa shape index (κ2) is 6.46. The van der Waals surface area contributed by atoms with Gasteiger partial charge >= 0.3 is 6.18 Å². The number of carbonyl (C=O) groups is 1. The number of amides is 1. The number of piperazine rings is 1. The SMILES string of the molecule is O=C(NCC(N1CCNCC1)C(F)(F)F)c1cnns1. The zero-order chi connectivity index (χ0) is 14.6. The van der Waals surface area contributed by atoms with E-state index < -0.39 is 24.7 Å². The molecular formula is C10H14F3N5OS. The molecule has 0 aromatic carbocycles. The topological polar surface area (TPSA) is 70.2 Å². The van der Waals surface area contributed by atoms with E-state index in [-0.39, 0.29) is 4.88 Å². The largest absolute Gasteiger partial charge is 0.405 e. The van der Waals surface area contributed by atoms with Crippen LogP contribution in [0.3, 0.4) is 0 Å². The van der Waals surface area contributed by atoms with E-state index in [1.165, 1.54) is 11.1 Å². The number of halogens is 3. The molecule has 1 fully saturated rings. The third-order valence-electron chi connectivity index (χ3n) is 3.01. The van der Waals surface area contributed by atoms with Gasteiger partial charge in [0.2, 0.25) is 0 Å². The maximum atomic E-state index is 13.1. The van der Waals surface area contributed by atoms with Gasteiger partial charge in [0.1, 0.15) is 10.9 Å². The van der Waals surface area contributed by atoms with Crippen molar-refractivity contribution in [2.45, 2.75) is 12.2 Å². The number of nitrogens with one attached hydrogen (secondary N) is 2. The van der Waals surface area contributed by atoms with E-state index in [2.05, 4.69) is 20.2 Å². The van der Waals surface area contributed by atoms with E-state index in [1.807, 2.05) is 0 Å². The lowest BCUT2D eigenvalue weighted by Gasteiger charge is -2.35. The first-order valence-corrected chi connectivity index (χ1v) is 6.83. The molecule has 20 heavy (non-hydrogen) atoms. The van der Waals surface area contributed by atoms with Gasteiger partial charge < -0.3 is 10.6 Å². The van der Waals surface area contributed by atoms with Crippen molar-refractivity contribution in [3.05, 3.63) is 11.1 Å². The summed E-state index contributed by atoms with van der Waals surface area (Å²) in [5.41, 5.74) is 0. The van der Waals surface area contributed by atoms with Gasteiger partial charge in [0, 0.05) is 32.7 Å². The molecule has 0 saturated carbocycles. The fourth-order valence-electron chi connectivity index (χ4n) is 1.99. The molecule has 112 valence electrons. The minimum Gasteiger partial charge on any atom is -0.349 e. The fraction of sp³-hybridized carbons (Fsp3) is 0.700. The van der Waals surface area contributed by atoms with Gasteiger partial charge in [-0.25, -0.2) is 0 Å². The number of aromatic nitrogens is 2. The number of alkyl halides is 3. The van der Waals surface area contributed by atoms with E-state index in [1.54, 1.807) is 0 Å². The predicted molar refractivity (Wildman–Crippen MR) is 66.5 cm³/mol. The van der Waals surface area contributed by atoms with Gasteiger partial charge in [-0.2, -0.15) is 13.2 Å². The minimum atomic E-state index is -4.38. The molecule has 1 unspecified atom stereocenters. The Morgan fingerprint density at radius 3 is 2.75 bits per heavy atom. The van der Waals surface area contributed by atoms with Crippen LogP contribution < -0.4 is 10.6 Å². The van der Waals surface area contributed by atoms with Crippen LogP contribution in [-0.2, 0) is 0 Å². The Morgan fingerprint density at radius 1 is 1.50 bits per heavy atom. The van der Waals surface area contributed by atoms with E-state index in [9.17, 15) is 18.0 Å². The molecule has 1 aromatic heterocycles. The molecule has 10 heteroatoms. The molecule has 1 aliphatic rings. The maximum absolute atomic E-state index is 13.1. The van der Waals surface area contributed by atoms with Crippen LogP contribution in [0.1, 0.15) is 9.67 Å². The molecule has 0 spiro atoms. The third kappa shape index (κ3) is 3.87. The Kier molecular flexibility index (Phi) is 4.89. The minimum absolute atomic E-state index is 0.200. The molecule has 6 nitrogen and oxygen atoms in total. The Labute approximate surface area is 117 Å². The van der Waals surface area contributed by atoms with Gasteiger partial charge in [-0.05, 0) is 11.5 Å². The second-order valence-corrected chi connectivity index (χ2v) is 5.12. The first-order valence-electron chi connectivity index (χ1n) is 6.05. The Morgan fingerprint density at radius 2 is 2.20 bits per heavy atom. The first kappa shape index (κ1) is 15.1. The summed E-state index contributed by atoms with van der Waals surface area (Å²) in [7, 11) is 0. The first-order chi connectivity index (χ1) is 9.48. The molecular weight excluding hydrogens is 295 g/mol. The average Bonchev–Trinajstić information content (AvgIpc) is 2.92. The number of hydrogen-bond donors (Lipinski definition) is 2. The summed E-state index contributed by atoms with van der Waals surface area (Å²) in [5.74, 6) is -0.579. The maximum Gasteiger partial charge on any atom is 0.405 e. The average molecular weight is 309 g/mol. The highest BCUT2D eigenvalue weighted by Crippen LogP contribution is 2.24. The molecule has 1 amide bonds. The van der Waals surface area contributed by atoms with Crippen LogP contribution in [0.25, 0.3) is 0 Å². The molecule has 1 saturated heterocycles. The Balaban J connectivity index is 1.95. The summed E-state index contributed by atoms with van der Waals surface area (Å²) in [5, 5.41) is 8.77. The van der Waals surface area contributed by atoms with E-state index >= 15 is 0 Å². The summed E-state index contributed by atoms with van der Waals surface area (Å²) >= 11 is 0.848. The van der Waals surface area contributed by atoms with E-state index in [4.69, 9.17) is 0 Å². The fourth-order valence-corrected chi connectivity index (χ4v) is 2.42. The molecule has 2 rings (SSSR count). The standard InChI is InChI=1S/C10H14F3N5OS/c11-10(12,13)8(18-3-1-14-2-4-18)6-15-9(19)7-5-16-17-20-7/h5,8,14H,1-4,6H2,(H,15,19). The van der Waals surface area contributed by atoms with Crippen LogP contribution in [0.5, 0.6) is 0 Å². The van der Waals surface area contributed by atoms with Gasteiger partial charge in [-0.3, -0.25) is 9.69 Å². The van der Waals surface area contributed by atoms with Crippen LogP contribution in [0.15, 0.2) is 6.20 Å². The second-order valence-electron chi connectivity index (χ2n) is 4.34. The van der Waals surface area contributed by atoms with Gasteiger partial charge in [0.15, 0.2) is 0 Å². The number of hydrogen-bond acceptors (Lipinski definition) is 6. The van der Waals surface area contributed by atoms with Crippen LogP contribution in [-0.4, -0.2) is 65.3 Å². The number of rotatable bonds is 4. The highest BCUT2D eigenvalue weighted by atomic mass is 32.1. The van der Waals surface area contributed by atoms with Crippen LogP contribution in [0, 0.1) is 0 Å². The van der Waals surface area contributed by atoms with Crippen molar-refractivity contribution in [1.29, 1.82) is 0 Å². The lowest BCUT2D eigenvalue weighted by Crippen LogP contribution is -2.57. The quantitative estimate of drug-likeness (QED) is 0.826. The zero-order valence-electron chi connectivity index (χ0n) is 10.5. The van der Waals surface area contributed by atoms with Crippen molar-refractivity contribution in [2.24, 2.45) is 0 Å². The smallest absolute Gasteiger partial charge is 0.349 e. The van der Waals surface area contributed by atoms with Gasteiger partial charge in [0.25, 0.3) is 5.91 Å². The van der Waals surface area contributed by atoms with Crippen LogP contribution in [0.2, 0.25) is 0 Å². The highest BCUT2D eigenvalue weighted by Gasteiger charge is 2.43. The summed E-state index contributed by atoms with van der Waals surface area (Å²) in [6.07, 6.45) is -3.15. The zero-order valence-corrected chi connectivity index (χ0v) is 11.3. The lowest BCUT2D eigenvalue weighted by molar-refractivity contribution is -0.183. The molecule has 0 aliphatic carbocycles. The molecule has 2 N–H and O–H groups in total. The molecule has 1 aromatic rings. The van der Waals surface area contributed by atoms with Crippen molar-refractivity contribution >= 4 is 17.4 Å². The monoisotopic (exact) mass is 309 g/mol. The molecule has 1 aliphatic heterocycles. The number of nitrogens with zero attached hydrogens (tertiary/aromatic N) is 3. The molecule has 0 radical (unpaired) electrons. The van der Waals surface area contributed by atoms with Crippen LogP contribution in [0.4, 0.5) is 13.2 Å². The van der Waals surface area contributed by atoms with Gasteiger partial charge in [-0.1, -0.05) is 4.49 Å². The van der Waals surface area contributed by atoms with Crippen molar-refractivity contribution in [1.82, 2.24) is 25.1 Å². The Hall–Kier alpha value is -1.26. The van der Waals surface area contributed by atoms with E-state index in [0.717, 1.165) is 11.5 Å². The normalized spacial score (nSPS) is 18.8. The summed E-state index contributed by atoms with van der Waals surface area (Å²) in [4.78, 5) is 13.2. The van der Waals surface area contributed by atoms with Gasteiger partial charge in [-0.15, -0.1) is 5.10 Å². The number of carbonyl (C=O) groups excluding carboxylic acids is 1. The molecule has 1 atom stereocenters. The predicted octanol–water partition coefficient (Wildman–Crippen LogP) is 0.104. The van der Waals surface area contributed by atoms with Crippen molar-refractivity contribution in [3.63, 3.8) is 0 Å². The molecule has 2 heterocycles. The summed E-state index contributed by atoms with van der Waals surface area (Å²) < 4.78 is 42.7. The van der Waals surface area contributed by atoms with Crippen molar-refractivity contribution < 1.29 is 18.0 Å². The Bertz CT molecular complexity index is 433. The van der Waals surface area contributed by atoms with E-state index in [0.29, 0.717) is 26.2 Å². The highest BCUT2D eigenvalue weighted by molar-refractivity contribution is 7.07. The van der Waals surface area contributed by atoms with Crippen molar-refractivity contribution in [3.8, 4) is 0 Å². The van der Waals surface area contributed by atoms with Gasteiger partial charge in [0.05, 0.1) is 6.20 Å². The van der Waals surface area contributed by atoms with Crippen LogP contribution >= 0.6 is 11.5 Å². The summed E-state index contributed by atoms with van der Waals surface area (Å²) in [6, 6.07) is -1.67. The molecule has 0 bridgehead atoms. The van der Waals surface area contributed by atoms with Crippen molar-refractivity contribution in [2.75, 3.05) is 32.7 Å².